The molecular weight excluding hydrogens is 552 g/mol. The summed E-state index contributed by atoms with van der Waals surface area (Å²) >= 11 is 12.5. The number of sulfonamides is 1. The molecule has 0 radical (unpaired) electrons. The second-order valence-electron chi connectivity index (χ2n) is 9.88. The molecular formula is C26H30Cl2N3O4PS. The maximum Gasteiger partial charge on any atom is 0.265 e. The van der Waals surface area contributed by atoms with Gasteiger partial charge >= 0.3 is 0 Å². The van der Waals surface area contributed by atoms with Crippen LogP contribution in [0.3, 0.4) is 0 Å². The molecule has 198 valence electrons. The van der Waals surface area contributed by atoms with Crippen LogP contribution in [0, 0.1) is 17.2 Å². The van der Waals surface area contributed by atoms with Crippen LogP contribution in [0.2, 0.25) is 10.0 Å². The predicted octanol–water partition coefficient (Wildman–Crippen LogP) is 4.78. The summed E-state index contributed by atoms with van der Waals surface area (Å²) < 4.78 is 31.4. The fourth-order valence-corrected chi connectivity index (χ4v) is 6.19. The topological polar surface area (TPSA) is 99.5 Å². The van der Waals surface area contributed by atoms with Gasteiger partial charge in [-0.25, -0.2) is 13.1 Å². The number of piperidine rings is 1. The third kappa shape index (κ3) is 6.96. The summed E-state index contributed by atoms with van der Waals surface area (Å²) in [5, 5.41) is 11.1. The highest BCUT2D eigenvalue weighted by Crippen LogP contribution is 2.45. The first-order valence-electron chi connectivity index (χ1n) is 12.2. The third-order valence-electron chi connectivity index (χ3n) is 7.04. The largest absolute Gasteiger partial charge is 0.493 e. The monoisotopic (exact) mass is 581 g/mol. The van der Waals surface area contributed by atoms with Crippen LogP contribution in [-0.2, 0) is 10.0 Å². The summed E-state index contributed by atoms with van der Waals surface area (Å²) in [5.41, 5.74) is 2.60. The maximum absolute atomic E-state index is 12.5. The van der Waals surface area contributed by atoms with E-state index in [4.69, 9.17) is 27.9 Å². The van der Waals surface area contributed by atoms with Crippen molar-refractivity contribution in [1.82, 2.24) is 9.62 Å². The molecule has 2 atom stereocenters. The molecule has 0 bridgehead atoms. The number of carbonyl (C=O) groups is 1. The standard InChI is InChI=1S/C26H30Cl2N3O4PS/c1-15(19-9-18(27)10-23(28)22(19)13-29)31-7-5-16(6-8-31)14-35-24-12-25(36)21(11-20(24)17-3-4-17)26(32)30-37(2,33)34/h9-12,15-17H,3-8,14,36H2,1-2H3,(H,30,32)/t15-/m0/s1. The fraction of sp³-hybridized carbons (Fsp3) is 0.462. The Bertz CT molecular complexity index is 1350. The van der Waals surface area contributed by atoms with E-state index in [-0.39, 0.29) is 6.04 Å². The number of carbonyl (C=O) groups excluding carboxylic acids is 1. The Kier molecular flexibility index (Phi) is 8.72. The van der Waals surface area contributed by atoms with E-state index in [2.05, 4.69) is 27.1 Å². The summed E-state index contributed by atoms with van der Waals surface area (Å²) in [6, 6.07) is 9.23. The third-order valence-corrected chi connectivity index (χ3v) is 8.59. The van der Waals surface area contributed by atoms with Gasteiger partial charge in [0.15, 0.2) is 0 Å². The van der Waals surface area contributed by atoms with E-state index in [0.29, 0.717) is 44.9 Å². The lowest BCUT2D eigenvalue weighted by Gasteiger charge is -2.36. The molecule has 1 aliphatic heterocycles. The Morgan fingerprint density at radius 3 is 2.49 bits per heavy atom. The van der Waals surface area contributed by atoms with Gasteiger partial charge in [0.05, 0.1) is 23.4 Å². The highest BCUT2D eigenvalue weighted by molar-refractivity contribution is 7.89. The minimum atomic E-state index is -3.65. The van der Waals surface area contributed by atoms with Crippen LogP contribution in [0.5, 0.6) is 5.75 Å². The van der Waals surface area contributed by atoms with Crippen molar-refractivity contribution < 1.29 is 17.9 Å². The minimum absolute atomic E-state index is 0.0134. The second kappa shape index (κ2) is 11.5. The zero-order valence-corrected chi connectivity index (χ0v) is 24.2. The van der Waals surface area contributed by atoms with Crippen LogP contribution in [-0.4, -0.2) is 45.2 Å². The molecule has 4 rings (SSSR count). The molecule has 1 saturated carbocycles. The molecule has 2 aromatic carbocycles. The molecule has 37 heavy (non-hydrogen) atoms. The second-order valence-corrected chi connectivity index (χ2v) is 13.1. The Morgan fingerprint density at radius 1 is 1.22 bits per heavy atom. The number of likely N-dealkylation sites (tertiary alicyclic amines) is 1. The molecule has 11 heteroatoms. The van der Waals surface area contributed by atoms with Crippen molar-refractivity contribution >= 4 is 53.7 Å². The number of ether oxygens (including phenoxy) is 1. The molecule has 1 N–H and O–H groups in total. The van der Waals surface area contributed by atoms with Gasteiger partial charge in [0.2, 0.25) is 10.0 Å². The Labute approximate surface area is 230 Å². The van der Waals surface area contributed by atoms with E-state index in [1.165, 1.54) is 0 Å². The lowest BCUT2D eigenvalue weighted by Crippen LogP contribution is -2.37. The van der Waals surface area contributed by atoms with Gasteiger partial charge in [-0.1, -0.05) is 23.2 Å². The quantitative estimate of drug-likeness (QED) is 0.450. The molecule has 1 amide bonds. The van der Waals surface area contributed by atoms with Crippen LogP contribution in [0.4, 0.5) is 0 Å². The summed E-state index contributed by atoms with van der Waals surface area (Å²) in [5.74, 6) is 0.816. The number of hydrogen-bond acceptors (Lipinski definition) is 6. The molecule has 0 spiro atoms. The first-order valence-corrected chi connectivity index (χ1v) is 15.4. The first kappa shape index (κ1) is 28.1. The lowest BCUT2D eigenvalue weighted by molar-refractivity contribution is 0.0982. The van der Waals surface area contributed by atoms with Crippen molar-refractivity contribution in [2.24, 2.45) is 5.92 Å². The average Bonchev–Trinajstić information content (AvgIpc) is 3.66. The van der Waals surface area contributed by atoms with Crippen LogP contribution in [0.25, 0.3) is 0 Å². The molecule has 1 heterocycles. The van der Waals surface area contributed by atoms with Gasteiger partial charge in [-0.05, 0) is 98.2 Å². The first-order chi connectivity index (χ1) is 17.5. The summed E-state index contributed by atoms with van der Waals surface area (Å²) in [6.07, 6.45) is 4.90. The summed E-state index contributed by atoms with van der Waals surface area (Å²) in [7, 11) is -1.14. The van der Waals surface area contributed by atoms with Gasteiger partial charge in [-0.3, -0.25) is 9.69 Å². The molecule has 2 aliphatic rings. The molecule has 0 aromatic heterocycles. The normalized spacial score (nSPS) is 17.7. The van der Waals surface area contributed by atoms with Gasteiger partial charge in [0.1, 0.15) is 11.8 Å². The smallest absolute Gasteiger partial charge is 0.265 e. The number of amides is 1. The number of benzene rings is 2. The molecule has 7 nitrogen and oxygen atoms in total. The zero-order chi connectivity index (χ0) is 26.9. The van der Waals surface area contributed by atoms with Crippen molar-refractivity contribution in [3.63, 3.8) is 0 Å². The van der Waals surface area contributed by atoms with E-state index in [0.717, 1.165) is 61.9 Å². The Morgan fingerprint density at radius 2 is 1.89 bits per heavy atom. The minimum Gasteiger partial charge on any atom is -0.493 e. The van der Waals surface area contributed by atoms with Gasteiger partial charge < -0.3 is 4.74 Å². The summed E-state index contributed by atoms with van der Waals surface area (Å²) in [6.45, 7) is 4.36. The summed E-state index contributed by atoms with van der Waals surface area (Å²) in [4.78, 5) is 14.8. The number of rotatable bonds is 8. The van der Waals surface area contributed by atoms with E-state index >= 15 is 0 Å². The number of nitrogens with one attached hydrogen (secondary N) is 1. The van der Waals surface area contributed by atoms with Crippen molar-refractivity contribution in [1.29, 1.82) is 5.26 Å². The highest BCUT2D eigenvalue weighted by atomic mass is 35.5. The fourth-order valence-electron chi connectivity index (χ4n) is 4.82. The van der Waals surface area contributed by atoms with Crippen LogP contribution in [0.15, 0.2) is 24.3 Å². The van der Waals surface area contributed by atoms with Crippen molar-refractivity contribution in [3.8, 4) is 11.8 Å². The molecule has 2 aromatic rings. The maximum atomic E-state index is 12.5. The number of nitrogens with zero attached hydrogens (tertiary/aromatic N) is 2. The molecule has 2 fully saturated rings. The van der Waals surface area contributed by atoms with E-state index in [1.807, 2.05) is 16.9 Å². The van der Waals surface area contributed by atoms with Crippen LogP contribution in [0.1, 0.15) is 71.6 Å². The Balaban J connectivity index is 1.40. The van der Waals surface area contributed by atoms with Gasteiger partial charge in [0.25, 0.3) is 5.91 Å². The van der Waals surface area contributed by atoms with Crippen LogP contribution < -0.4 is 14.8 Å². The molecule has 1 unspecified atom stereocenters. The van der Waals surface area contributed by atoms with Crippen molar-refractivity contribution in [2.45, 2.75) is 44.6 Å². The van der Waals surface area contributed by atoms with Gasteiger partial charge in [0, 0.05) is 16.6 Å². The van der Waals surface area contributed by atoms with Crippen LogP contribution >= 0.6 is 32.4 Å². The number of halogens is 2. The molecule has 1 saturated heterocycles. The Hall–Kier alpha value is -1.88. The van der Waals surface area contributed by atoms with Crippen molar-refractivity contribution in [3.05, 3.63) is 56.6 Å². The highest BCUT2D eigenvalue weighted by Gasteiger charge is 2.30. The van der Waals surface area contributed by atoms with Gasteiger partial charge in [-0.15, -0.1) is 9.24 Å². The average molecular weight is 582 g/mol. The van der Waals surface area contributed by atoms with Gasteiger partial charge in [-0.2, -0.15) is 5.26 Å². The van der Waals surface area contributed by atoms with E-state index < -0.39 is 15.9 Å². The number of hydrogen-bond donors (Lipinski definition) is 1. The lowest BCUT2D eigenvalue weighted by atomic mass is 9.94. The molecule has 1 aliphatic carbocycles. The van der Waals surface area contributed by atoms with E-state index in [1.54, 1.807) is 12.1 Å². The van der Waals surface area contributed by atoms with E-state index in [9.17, 15) is 18.5 Å². The number of nitriles is 1. The SMILES string of the molecule is C[C@@H](c1cc(Cl)cc(Cl)c1C#N)N1CCC(COc2cc(P)c(C(=O)NS(C)(=O)=O)cc2C2CC2)CC1. The zero-order valence-electron chi connectivity index (χ0n) is 20.8. The van der Waals surface area contributed by atoms with Crippen molar-refractivity contribution in [2.75, 3.05) is 26.0 Å². The predicted molar refractivity (Wildman–Crippen MR) is 149 cm³/mol.